The van der Waals surface area contributed by atoms with Gasteiger partial charge in [-0.25, -0.2) is 0 Å². The Balaban J connectivity index is 1.92. The first kappa shape index (κ1) is 11.6. The summed E-state index contributed by atoms with van der Waals surface area (Å²) < 4.78 is 0. The van der Waals surface area contributed by atoms with Crippen molar-refractivity contribution in [3.63, 3.8) is 0 Å². The number of nitrogens with one attached hydrogen (secondary N) is 1. The number of amidine groups is 1. The quantitative estimate of drug-likeness (QED) is 0.593. The predicted molar refractivity (Wildman–Crippen MR) is 67.7 cm³/mol. The molecule has 2 rings (SSSR count). The third-order valence-electron chi connectivity index (χ3n) is 3.08. The lowest BCUT2D eigenvalue weighted by Gasteiger charge is -2.20. The second-order valence-electron chi connectivity index (χ2n) is 4.32. The van der Waals surface area contributed by atoms with Crippen LogP contribution in [0, 0.1) is 5.92 Å². The van der Waals surface area contributed by atoms with Crippen molar-refractivity contribution in [2.24, 2.45) is 16.1 Å². The van der Waals surface area contributed by atoms with Gasteiger partial charge in [0.1, 0.15) is 0 Å². The molecule has 1 saturated heterocycles. The number of hydrogen-bond donors (Lipinski definition) is 1. The molecule has 1 heterocycles. The van der Waals surface area contributed by atoms with E-state index in [9.17, 15) is 4.79 Å². The maximum atomic E-state index is 10.9. The standard InChI is InChI=1S/C11H17N3OS/c1-8(9-5-3-2-4-6-9)13-14-11-12-10(15)7-16-11/h9H,2-7H2,1H3,(H,12,14,15)/b13-8+. The number of nitrogens with zero attached hydrogens (tertiary/aromatic N) is 2. The number of thioether (sulfide) groups is 1. The van der Waals surface area contributed by atoms with Crippen LogP contribution < -0.4 is 5.32 Å². The van der Waals surface area contributed by atoms with Crippen LogP contribution in [0.2, 0.25) is 0 Å². The van der Waals surface area contributed by atoms with E-state index in [1.807, 2.05) is 6.92 Å². The minimum absolute atomic E-state index is 0.0225. The molecule has 1 aliphatic carbocycles. The summed E-state index contributed by atoms with van der Waals surface area (Å²) in [6.07, 6.45) is 6.43. The van der Waals surface area contributed by atoms with Crippen molar-refractivity contribution in [1.82, 2.24) is 5.32 Å². The fraction of sp³-hybridized carbons (Fsp3) is 0.727. The van der Waals surface area contributed by atoms with Crippen molar-refractivity contribution in [2.45, 2.75) is 39.0 Å². The first-order chi connectivity index (χ1) is 7.75. The number of amides is 1. The highest BCUT2D eigenvalue weighted by Crippen LogP contribution is 2.25. The van der Waals surface area contributed by atoms with Gasteiger partial charge in [-0.1, -0.05) is 31.0 Å². The summed E-state index contributed by atoms with van der Waals surface area (Å²) in [5, 5.41) is 11.6. The smallest absolute Gasteiger partial charge is 0.236 e. The lowest BCUT2D eigenvalue weighted by molar-refractivity contribution is -0.116. The lowest BCUT2D eigenvalue weighted by atomic mass is 9.86. The molecule has 16 heavy (non-hydrogen) atoms. The summed E-state index contributed by atoms with van der Waals surface area (Å²) in [7, 11) is 0. The van der Waals surface area contributed by atoms with Gasteiger partial charge >= 0.3 is 0 Å². The van der Waals surface area contributed by atoms with Gasteiger partial charge in [0, 0.05) is 5.71 Å². The minimum atomic E-state index is 0.0225. The van der Waals surface area contributed by atoms with Gasteiger partial charge in [-0.2, -0.15) is 5.10 Å². The molecule has 2 aliphatic rings. The fourth-order valence-corrected chi connectivity index (χ4v) is 2.73. The van der Waals surface area contributed by atoms with Crippen LogP contribution in [0.1, 0.15) is 39.0 Å². The first-order valence-electron chi connectivity index (χ1n) is 5.80. The summed E-state index contributed by atoms with van der Waals surface area (Å²) in [6.45, 7) is 2.04. The van der Waals surface area contributed by atoms with Gasteiger partial charge in [-0.3, -0.25) is 4.79 Å². The highest BCUT2D eigenvalue weighted by Gasteiger charge is 2.18. The van der Waals surface area contributed by atoms with Crippen LogP contribution in [0.25, 0.3) is 0 Å². The van der Waals surface area contributed by atoms with E-state index < -0.39 is 0 Å². The molecule has 0 unspecified atom stereocenters. The van der Waals surface area contributed by atoms with Gasteiger partial charge in [-0.05, 0) is 25.7 Å². The maximum absolute atomic E-state index is 10.9. The largest absolute Gasteiger partial charge is 0.303 e. The molecule has 5 heteroatoms. The number of carbonyl (C=O) groups is 1. The van der Waals surface area contributed by atoms with Gasteiger partial charge < -0.3 is 5.32 Å². The van der Waals surface area contributed by atoms with E-state index >= 15 is 0 Å². The molecule has 0 radical (unpaired) electrons. The van der Waals surface area contributed by atoms with E-state index in [4.69, 9.17) is 0 Å². The van der Waals surface area contributed by atoms with Gasteiger partial charge in [-0.15, -0.1) is 5.10 Å². The maximum Gasteiger partial charge on any atom is 0.236 e. The molecule has 4 nitrogen and oxygen atoms in total. The Morgan fingerprint density at radius 3 is 2.75 bits per heavy atom. The first-order valence-corrected chi connectivity index (χ1v) is 6.79. The van der Waals surface area contributed by atoms with Crippen LogP contribution in [0.3, 0.4) is 0 Å². The van der Waals surface area contributed by atoms with Crippen LogP contribution >= 0.6 is 11.8 Å². The van der Waals surface area contributed by atoms with Crippen molar-refractivity contribution in [1.29, 1.82) is 0 Å². The number of carbonyl (C=O) groups excluding carboxylic acids is 1. The SMILES string of the molecule is C/C(=N\N=C1/NC(=O)CS1)C1CCCCC1. The van der Waals surface area contributed by atoms with E-state index in [2.05, 4.69) is 15.5 Å². The molecule has 1 saturated carbocycles. The van der Waals surface area contributed by atoms with Gasteiger partial charge in [0.15, 0.2) is 5.17 Å². The van der Waals surface area contributed by atoms with Crippen molar-refractivity contribution in [2.75, 3.05) is 5.75 Å². The van der Waals surface area contributed by atoms with Crippen LogP contribution in [0.5, 0.6) is 0 Å². The van der Waals surface area contributed by atoms with E-state index in [1.165, 1.54) is 43.9 Å². The van der Waals surface area contributed by atoms with Crippen molar-refractivity contribution < 1.29 is 4.79 Å². The Kier molecular flexibility index (Phi) is 3.98. The van der Waals surface area contributed by atoms with Crippen LogP contribution in [0.4, 0.5) is 0 Å². The van der Waals surface area contributed by atoms with Crippen molar-refractivity contribution in [3.05, 3.63) is 0 Å². The summed E-state index contributed by atoms with van der Waals surface area (Å²) in [5.41, 5.74) is 1.11. The third-order valence-corrected chi connectivity index (χ3v) is 3.94. The van der Waals surface area contributed by atoms with E-state index in [0.717, 1.165) is 5.71 Å². The zero-order chi connectivity index (χ0) is 11.4. The molecule has 0 aromatic carbocycles. The van der Waals surface area contributed by atoms with Crippen molar-refractivity contribution in [3.8, 4) is 0 Å². The average molecular weight is 239 g/mol. The molecule has 0 spiro atoms. The molecule has 0 atom stereocenters. The zero-order valence-corrected chi connectivity index (χ0v) is 10.3. The summed E-state index contributed by atoms with van der Waals surface area (Å²) >= 11 is 1.42. The lowest BCUT2D eigenvalue weighted by Crippen LogP contribution is -2.20. The highest BCUT2D eigenvalue weighted by atomic mass is 32.2. The van der Waals surface area contributed by atoms with Crippen molar-refractivity contribution >= 4 is 28.5 Å². The molecule has 88 valence electrons. The molecule has 0 aromatic rings. The molecule has 1 aliphatic heterocycles. The second kappa shape index (κ2) is 5.48. The van der Waals surface area contributed by atoms with Crippen LogP contribution in [0.15, 0.2) is 10.2 Å². The predicted octanol–water partition coefficient (Wildman–Crippen LogP) is 2.16. The third kappa shape index (κ3) is 3.07. The molecular formula is C11H17N3OS. The normalized spacial score (nSPS) is 26.2. The topological polar surface area (TPSA) is 53.8 Å². The Hall–Kier alpha value is -0.840. The van der Waals surface area contributed by atoms with E-state index in [0.29, 0.717) is 16.8 Å². The molecular weight excluding hydrogens is 222 g/mol. The van der Waals surface area contributed by atoms with E-state index in [1.54, 1.807) is 0 Å². The minimum Gasteiger partial charge on any atom is -0.303 e. The second-order valence-corrected chi connectivity index (χ2v) is 5.28. The number of hydrogen-bond acceptors (Lipinski definition) is 4. The highest BCUT2D eigenvalue weighted by molar-refractivity contribution is 8.15. The monoisotopic (exact) mass is 239 g/mol. The Bertz CT molecular complexity index is 332. The Morgan fingerprint density at radius 1 is 1.38 bits per heavy atom. The molecule has 1 amide bonds. The van der Waals surface area contributed by atoms with Crippen LogP contribution in [-0.2, 0) is 4.79 Å². The molecule has 0 aromatic heterocycles. The summed E-state index contributed by atoms with van der Waals surface area (Å²) in [6, 6.07) is 0. The van der Waals surface area contributed by atoms with Gasteiger partial charge in [0.25, 0.3) is 0 Å². The molecule has 2 fully saturated rings. The Labute approximate surface area is 100.0 Å². The molecule has 1 N–H and O–H groups in total. The zero-order valence-electron chi connectivity index (χ0n) is 9.53. The Morgan fingerprint density at radius 2 is 2.12 bits per heavy atom. The fourth-order valence-electron chi connectivity index (χ4n) is 2.11. The van der Waals surface area contributed by atoms with Gasteiger partial charge in [0.05, 0.1) is 5.75 Å². The van der Waals surface area contributed by atoms with Crippen LogP contribution in [-0.4, -0.2) is 22.5 Å². The molecule has 0 bridgehead atoms. The summed E-state index contributed by atoms with van der Waals surface area (Å²) in [5.74, 6) is 1.09. The summed E-state index contributed by atoms with van der Waals surface area (Å²) in [4.78, 5) is 10.9. The van der Waals surface area contributed by atoms with Gasteiger partial charge in [0.2, 0.25) is 5.91 Å². The van der Waals surface area contributed by atoms with E-state index in [-0.39, 0.29) is 5.91 Å². The number of rotatable bonds is 2. The average Bonchev–Trinajstić information content (AvgIpc) is 2.73.